The lowest BCUT2D eigenvalue weighted by molar-refractivity contribution is -0.118. The molecule has 25 heavy (non-hydrogen) atoms. The van der Waals surface area contributed by atoms with E-state index in [4.69, 9.17) is 0 Å². The van der Waals surface area contributed by atoms with Crippen LogP contribution in [0, 0.1) is 5.92 Å². The molecule has 5 heteroatoms. The van der Waals surface area contributed by atoms with Gasteiger partial charge in [0.15, 0.2) is 0 Å². The molecule has 1 amide bonds. The molecule has 2 N–H and O–H groups in total. The summed E-state index contributed by atoms with van der Waals surface area (Å²) in [7, 11) is 0. The highest BCUT2D eigenvalue weighted by Crippen LogP contribution is 2.25. The van der Waals surface area contributed by atoms with E-state index in [1.165, 1.54) is 0 Å². The van der Waals surface area contributed by atoms with E-state index in [0.29, 0.717) is 6.42 Å². The molecule has 0 aromatic heterocycles. The Balaban J connectivity index is 1.85. The predicted octanol–water partition coefficient (Wildman–Crippen LogP) is 2.87. The molecule has 0 aliphatic carbocycles. The Morgan fingerprint density at radius 1 is 1.16 bits per heavy atom. The standard InChI is InChI=1S/C20H23N3O2/c1-2-15-8-6-7-11-18(15)21-14-17-19(12-13-24)22-23(20(17)25)16-9-4-3-5-10-16/h3-11,14,17,19,22,24H,2,12-13H2,1H3. The zero-order valence-electron chi connectivity index (χ0n) is 14.3. The number of carbonyl (C=O) groups is 1. The van der Waals surface area contributed by atoms with E-state index in [1.54, 1.807) is 11.2 Å². The fourth-order valence-electron chi connectivity index (χ4n) is 3.06. The summed E-state index contributed by atoms with van der Waals surface area (Å²) in [4.78, 5) is 17.4. The molecular formula is C20H23N3O2. The van der Waals surface area contributed by atoms with Gasteiger partial charge in [-0.2, -0.15) is 0 Å². The molecule has 1 saturated heterocycles. The van der Waals surface area contributed by atoms with Crippen molar-refractivity contribution in [2.75, 3.05) is 11.6 Å². The summed E-state index contributed by atoms with van der Waals surface area (Å²) in [5.74, 6) is -0.459. The largest absolute Gasteiger partial charge is 0.396 e. The van der Waals surface area contributed by atoms with Crippen LogP contribution in [0.25, 0.3) is 0 Å². The molecule has 0 bridgehead atoms. The lowest BCUT2D eigenvalue weighted by Crippen LogP contribution is -2.37. The number of hydrazine groups is 1. The minimum Gasteiger partial charge on any atom is -0.396 e. The van der Waals surface area contributed by atoms with Crippen LogP contribution in [0.5, 0.6) is 0 Å². The number of amides is 1. The monoisotopic (exact) mass is 337 g/mol. The third-order valence-corrected chi connectivity index (χ3v) is 4.44. The van der Waals surface area contributed by atoms with Crippen molar-refractivity contribution in [1.82, 2.24) is 5.43 Å². The van der Waals surface area contributed by atoms with Crippen molar-refractivity contribution in [3.8, 4) is 0 Å². The minimum atomic E-state index is -0.405. The lowest BCUT2D eigenvalue weighted by Gasteiger charge is -2.17. The second kappa shape index (κ2) is 8.05. The molecule has 1 aliphatic rings. The van der Waals surface area contributed by atoms with Crippen molar-refractivity contribution in [3.05, 3.63) is 60.2 Å². The number of nitrogens with one attached hydrogen (secondary N) is 1. The molecule has 0 saturated carbocycles. The van der Waals surface area contributed by atoms with E-state index in [-0.39, 0.29) is 18.6 Å². The number of para-hydroxylation sites is 2. The van der Waals surface area contributed by atoms with E-state index < -0.39 is 5.92 Å². The van der Waals surface area contributed by atoms with Crippen molar-refractivity contribution in [1.29, 1.82) is 0 Å². The first-order chi connectivity index (χ1) is 12.2. The third-order valence-electron chi connectivity index (χ3n) is 4.44. The summed E-state index contributed by atoms with van der Waals surface area (Å²) < 4.78 is 0. The Morgan fingerprint density at radius 3 is 2.60 bits per heavy atom. The van der Waals surface area contributed by atoms with Gasteiger partial charge in [0.2, 0.25) is 0 Å². The van der Waals surface area contributed by atoms with Crippen LogP contribution in [0.2, 0.25) is 0 Å². The van der Waals surface area contributed by atoms with E-state index in [9.17, 15) is 9.90 Å². The van der Waals surface area contributed by atoms with E-state index in [1.807, 2.05) is 54.6 Å². The SMILES string of the molecule is CCc1ccccc1N=CC1C(=O)N(c2ccccc2)NC1CCO. The molecule has 0 radical (unpaired) electrons. The molecular weight excluding hydrogens is 314 g/mol. The highest BCUT2D eigenvalue weighted by molar-refractivity contribution is 6.06. The smallest absolute Gasteiger partial charge is 0.251 e. The molecule has 2 aromatic carbocycles. The van der Waals surface area contributed by atoms with Gasteiger partial charge in [0.1, 0.15) is 0 Å². The lowest BCUT2D eigenvalue weighted by atomic mass is 10.00. The maximum absolute atomic E-state index is 12.9. The van der Waals surface area contributed by atoms with Crippen LogP contribution in [0.3, 0.4) is 0 Å². The van der Waals surface area contributed by atoms with Crippen LogP contribution < -0.4 is 10.4 Å². The van der Waals surface area contributed by atoms with Crippen LogP contribution in [-0.4, -0.2) is 29.9 Å². The topological polar surface area (TPSA) is 64.9 Å². The molecule has 1 heterocycles. The molecule has 0 spiro atoms. The number of anilines is 1. The normalized spacial score (nSPS) is 20.6. The number of carbonyl (C=O) groups excluding carboxylic acids is 1. The van der Waals surface area contributed by atoms with Crippen LogP contribution >= 0.6 is 0 Å². The van der Waals surface area contributed by atoms with Gasteiger partial charge in [-0.05, 0) is 36.6 Å². The van der Waals surface area contributed by atoms with Gasteiger partial charge in [-0.3, -0.25) is 9.79 Å². The summed E-state index contributed by atoms with van der Waals surface area (Å²) in [6.07, 6.45) is 3.09. The van der Waals surface area contributed by atoms with Gasteiger partial charge in [-0.1, -0.05) is 43.3 Å². The first kappa shape index (κ1) is 17.3. The second-order valence-corrected chi connectivity index (χ2v) is 6.04. The van der Waals surface area contributed by atoms with Crippen molar-refractivity contribution in [2.45, 2.75) is 25.8 Å². The molecule has 3 rings (SSSR count). The fourth-order valence-corrected chi connectivity index (χ4v) is 3.06. The number of aliphatic imine (C=N–C) groups is 1. The van der Waals surface area contributed by atoms with E-state index in [2.05, 4.69) is 17.3 Å². The Labute approximate surface area is 148 Å². The molecule has 1 fully saturated rings. The Hall–Kier alpha value is -2.50. The first-order valence-corrected chi connectivity index (χ1v) is 8.62. The number of aliphatic hydroxyl groups excluding tert-OH is 1. The maximum atomic E-state index is 12.9. The molecule has 2 aromatic rings. The molecule has 2 atom stereocenters. The molecule has 1 aliphatic heterocycles. The fraction of sp³-hybridized carbons (Fsp3) is 0.300. The zero-order chi connectivity index (χ0) is 17.6. The quantitative estimate of drug-likeness (QED) is 0.797. The third kappa shape index (κ3) is 3.78. The van der Waals surface area contributed by atoms with E-state index in [0.717, 1.165) is 23.4 Å². The number of aliphatic hydroxyl groups is 1. The number of nitrogens with zero attached hydrogens (tertiary/aromatic N) is 2. The van der Waals surface area contributed by atoms with Crippen LogP contribution in [0.15, 0.2) is 59.6 Å². The summed E-state index contributed by atoms with van der Waals surface area (Å²) in [6.45, 7) is 2.10. The van der Waals surface area contributed by atoms with Gasteiger partial charge in [0.25, 0.3) is 5.91 Å². The van der Waals surface area contributed by atoms with Crippen molar-refractivity contribution in [2.24, 2.45) is 10.9 Å². The molecule has 5 nitrogen and oxygen atoms in total. The van der Waals surface area contributed by atoms with Crippen molar-refractivity contribution < 1.29 is 9.90 Å². The van der Waals surface area contributed by atoms with Gasteiger partial charge in [0, 0.05) is 18.9 Å². The highest BCUT2D eigenvalue weighted by atomic mass is 16.3. The van der Waals surface area contributed by atoms with Crippen LogP contribution in [0.1, 0.15) is 18.9 Å². The van der Waals surface area contributed by atoms with Crippen molar-refractivity contribution >= 4 is 23.5 Å². The highest BCUT2D eigenvalue weighted by Gasteiger charge is 2.39. The van der Waals surface area contributed by atoms with Crippen molar-refractivity contribution in [3.63, 3.8) is 0 Å². The average molecular weight is 337 g/mol. The van der Waals surface area contributed by atoms with Crippen LogP contribution in [0.4, 0.5) is 11.4 Å². The number of aryl methyl sites for hydroxylation is 1. The number of benzene rings is 2. The maximum Gasteiger partial charge on any atom is 0.251 e. The summed E-state index contributed by atoms with van der Waals surface area (Å²) in [5, 5.41) is 10.9. The van der Waals surface area contributed by atoms with Gasteiger partial charge < -0.3 is 5.11 Å². The summed E-state index contributed by atoms with van der Waals surface area (Å²) >= 11 is 0. The molecule has 2 unspecified atom stereocenters. The molecule has 130 valence electrons. The van der Waals surface area contributed by atoms with Gasteiger partial charge in [-0.25, -0.2) is 10.4 Å². The number of rotatable bonds is 6. The Bertz CT molecular complexity index is 746. The van der Waals surface area contributed by atoms with E-state index >= 15 is 0 Å². The van der Waals surface area contributed by atoms with Gasteiger partial charge in [0.05, 0.1) is 17.3 Å². The minimum absolute atomic E-state index is 0.0173. The van der Waals surface area contributed by atoms with Gasteiger partial charge >= 0.3 is 0 Å². The second-order valence-electron chi connectivity index (χ2n) is 6.04. The first-order valence-electron chi connectivity index (χ1n) is 8.62. The number of hydrogen-bond acceptors (Lipinski definition) is 4. The van der Waals surface area contributed by atoms with Crippen LogP contribution in [-0.2, 0) is 11.2 Å². The Kier molecular flexibility index (Phi) is 5.58. The summed E-state index contributed by atoms with van der Waals surface area (Å²) in [6, 6.07) is 17.2. The average Bonchev–Trinajstić information content (AvgIpc) is 2.97. The number of hydrogen-bond donors (Lipinski definition) is 2. The summed E-state index contributed by atoms with van der Waals surface area (Å²) in [5.41, 5.74) is 6.03. The van der Waals surface area contributed by atoms with Gasteiger partial charge in [-0.15, -0.1) is 0 Å². The zero-order valence-corrected chi connectivity index (χ0v) is 14.3. The Morgan fingerprint density at radius 2 is 1.88 bits per heavy atom. The predicted molar refractivity (Wildman–Crippen MR) is 100 cm³/mol.